The zero-order valence-electron chi connectivity index (χ0n) is 10.1. The minimum absolute atomic E-state index is 0.527. The lowest BCUT2D eigenvalue weighted by molar-refractivity contribution is 0.689. The third-order valence-corrected chi connectivity index (χ3v) is 3.53. The van der Waals surface area contributed by atoms with Crippen molar-refractivity contribution in [3.8, 4) is 11.3 Å². The molecule has 1 aliphatic rings. The molecule has 0 fully saturated rings. The topological polar surface area (TPSA) is 43.8 Å². The Bertz CT molecular complexity index is 555. The second-order valence-electron chi connectivity index (χ2n) is 4.60. The summed E-state index contributed by atoms with van der Waals surface area (Å²) in [5.41, 5.74) is 10.8. The van der Waals surface area contributed by atoms with E-state index in [0.717, 1.165) is 24.5 Å². The van der Waals surface area contributed by atoms with E-state index in [1.807, 2.05) is 0 Å². The quantitative estimate of drug-likeness (QED) is 0.855. The predicted octanol–water partition coefficient (Wildman–Crippen LogP) is 2.26. The van der Waals surface area contributed by atoms with Gasteiger partial charge in [0.1, 0.15) is 5.82 Å². The van der Waals surface area contributed by atoms with Gasteiger partial charge in [-0.05, 0) is 25.3 Å². The van der Waals surface area contributed by atoms with E-state index in [4.69, 9.17) is 10.7 Å². The van der Waals surface area contributed by atoms with Crippen molar-refractivity contribution in [2.45, 2.75) is 32.9 Å². The molecule has 0 radical (unpaired) electrons. The highest BCUT2D eigenvalue weighted by molar-refractivity contribution is 5.66. The highest BCUT2D eigenvalue weighted by atomic mass is 15.1. The first-order valence-electron chi connectivity index (χ1n) is 6.15. The molecule has 1 aliphatic heterocycles. The van der Waals surface area contributed by atoms with E-state index in [9.17, 15) is 0 Å². The summed E-state index contributed by atoms with van der Waals surface area (Å²) in [7, 11) is 0. The highest BCUT2D eigenvalue weighted by Crippen LogP contribution is 2.31. The Hall–Kier alpha value is -1.61. The second-order valence-corrected chi connectivity index (χ2v) is 4.60. The Morgan fingerprint density at radius 1 is 1.35 bits per heavy atom. The number of imidazole rings is 1. The predicted molar refractivity (Wildman–Crippen MR) is 68.6 cm³/mol. The molecule has 0 saturated heterocycles. The summed E-state index contributed by atoms with van der Waals surface area (Å²) in [5, 5.41) is 0. The smallest absolute Gasteiger partial charge is 0.123 e. The van der Waals surface area contributed by atoms with Gasteiger partial charge in [0.15, 0.2) is 0 Å². The fourth-order valence-electron chi connectivity index (χ4n) is 2.67. The molecule has 3 rings (SSSR count). The first-order chi connectivity index (χ1) is 8.31. The number of hydrogen-bond donors (Lipinski definition) is 1. The lowest BCUT2D eigenvalue weighted by atomic mass is 10.0. The van der Waals surface area contributed by atoms with Crippen molar-refractivity contribution in [3.63, 3.8) is 0 Å². The molecule has 3 nitrogen and oxygen atoms in total. The molecule has 1 aromatic carbocycles. The summed E-state index contributed by atoms with van der Waals surface area (Å²) in [6.07, 6.45) is 2.33. The number of rotatable bonds is 2. The van der Waals surface area contributed by atoms with E-state index < -0.39 is 0 Å². The highest BCUT2D eigenvalue weighted by Gasteiger charge is 2.21. The first kappa shape index (κ1) is 10.5. The number of benzene rings is 1. The molecule has 1 aromatic heterocycles. The molecular weight excluding hydrogens is 210 g/mol. The molecule has 88 valence electrons. The molecule has 0 saturated carbocycles. The standard InChI is InChI=1S/C14H17N3/c1-10-5-2-3-6-11(10)14-12-7-4-8-17(12)13(9-15)16-14/h2-3,5-6H,4,7-9,15H2,1H3. The Balaban J connectivity index is 2.19. The van der Waals surface area contributed by atoms with Gasteiger partial charge in [-0.25, -0.2) is 4.98 Å². The van der Waals surface area contributed by atoms with E-state index in [2.05, 4.69) is 35.8 Å². The number of aryl methyl sites for hydroxylation is 1. The van der Waals surface area contributed by atoms with Crippen molar-refractivity contribution in [1.29, 1.82) is 0 Å². The Kier molecular flexibility index (Phi) is 2.48. The zero-order valence-corrected chi connectivity index (χ0v) is 10.1. The van der Waals surface area contributed by atoms with Gasteiger partial charge in [-0.1, -0.05) is 24.3 Å². The maximum absolute atomic E-state index is 5.77. The van der Waals surface area contributed by atoms with Gasteiger partial charge in [0.25, 0.3) is 0 Å². The van der Waals surface area contributed by atoms with Gasteiger partial charge >= 0.3 is 0 Å². The van der Waals surface area contributed by atoms with Crippen LogP contribution in [0.2, 0.25) is 0 Å². The normalized spacial score (nSPS) is 14.0. The first-order valence-corrected chi connectivity index (χ1v) is 6.15. The van der Waals surface area contributed by atoms with Crippen molar-refractivity contribution < 1.29 is 0 Å². The zero-order chi connectivity index (χ0) is 11.8. The van der Waals surface area contributed by atoms with Crippen LogP contribution in [0.25, 0.3) is 11.3 Å². The van der Waals surface area contributed by atoms with E-state index >= 15 is 0 Å². The van der Waals surface area contributed by atoms with Gasteiger partial charge in [-0.2, -0.15) is 0 Å². The molecule has 0 atom stereocenters. The third kappa shape index (κ3) is 1.58. The average Bonchev–Trinajstić information content (AvgIpc) is 2.91. The molecule has 17 heavy (non-hydrogen) atoms. The number of aromatic nitrogens is 2. The fraction of sp³-hybridized carbons (Fsp3) is 0.357. The average molecular weight is 227 g/mol. The molecule has 2 heterocycles. The minimum atomic E-state index is 0.527. The van der Waals surface area contributed by atoms with Crippen LogP contribution in [0.15, 0.2) is 24.3 Å². The lowest BCUT2D eigenvalue weighted by Gasteiger charge is -2.03. The maximum Gasteiger partial charge on any atom is 0.123 e. The molecule has 0 aliphatic carbocycles. The van der Waals surface area contributed by atoms with Crippen LogP contribution in [0.4, 0.5) is 0 Å². The number of hydrogen-bond acceptors (Lipinski definition) is 2. The minimum Gasteiger partial charge on any atom is -0.330 e. The summed E-state index contributed by atoms with van der Waals surface area (Å²) < 4.78 is 2.29. The molecule has 2 aromatic rings. The Morgan fingerprint density at radius 2 is 2.18 bits per heavy atom. The van der Waals surface area contributed by atoms with E-state index in [1.54, 1.807) is 0 Å². The van der Waals surface area contributed by atoms with Gasteiger partial charge in [0.05, 0.1) is 12.2 Å². The van der Waals surface area contributed by atoms with Crippen LogP contribution in [0.5, 0.6) is 0 Å². The summed E-state index contributed by atoms with van der Waals surface area (Å²) in [6, 6.07) is 8.43. The van der Waals surface area contributed by atoms with Gasteiger partial charge in [0, 0.05) is 17.8 Å². The monoisotopic (exact) mass is 227 g/mol. The number of fused-ring (bicyclic) bond motifs is 1. The molecular formula is C14H17N3. The van der Waals surface area contributed by atoms with Gasteiger partial charge in [-0.3, -0.25) is 0 Å². The van der Waals surface area contributed by atoms with Gasteiger partial charge in [-0.15, -0.1) is 0 Å². The van der Waals surface area contributed by atoms with Crippen molar-refractivity contribution in [2.75, 3.05) is 0 Å². The molecule has 0 spiro atoms. The largest absolute Gasteiger partial charge is 0.330 e. The number of nitrogens with two attached hydrogens (primary N) is 1. The van der Waals surface area contributed by atoms with Crippen LogP contribution >= 0.6 is 0 Å². The van der Waals surface area contributed by atoms with E-state index in [1.165, 1.54) is 23.2 Å². The molecule has 2 N–H and O–H groups in total. The second kappa shape index (κ2) is 4.00. The van der Waals surface area contributed by atoms with Gasteiger partial charge < -0.3 is 10.3 Å². The molecule has 0 bridgehead atoms. The van der Waals surface area contributed by atoms with Crippen molar-refractivity contribution in [3.05, 3.63) is 41.3 Å². The van der Waals surface area contributed by atoms with Crippen molar-refractivity contribution in [1.82, 2.24) is 9.55 Å². The summed E-state index contributed by atoms with van der Waals surface area (Å²) in [6.45, 7) is 3.73. The van der Waals surface area contributed by atoms with Crippen molar-refractivity contribution in [2.24, 2.45) is 5.73 Å². The van der Waals surface area contributed by atoms with Crippen molar-refractivity contribution >= 4 is 0 Å². The van der Waals surface area contributed by atoms with E-state index in [-0.39, 0.29) is 0 Å². The van der Waals surface area contributed by atoms with E-state index in [0.29, 0.717) is 6.54 Å². The summed E-state index contributed by atoms with van der Waals surface area (Å²) in [4.78, 5) is 4.72. The maximum atomic E-state index is 5.77. The van der Waals surface area contributed by atoms with Crippen LogP contribution in [-0.4, -0.2) is 9.55 Å². The third-order valence-electron chi connectivity index (χ3n) is 3.53. The summed E-state index contributed by atoms with van der Waals surface area (Å²) >= 11 is 0. The summed E-state index contributed by atoms with van der Waals surface area (Å²) in [5.74, 6) is 1.02. The van der Waals surface area contributed by atoms with Crippen LogP contribution in [0.1, 0.15) is 23.5 Å². The SMILES string of the molecule is Cc1ccccc1-c1nc(CN)n2c1CCC2. The fourth-order valence-corrected chi connectivity index (χ4v) is 2.67. The molecule has 0 unspecified atom stereocenters. The number of nitrogens with zero attached hydrogens (tertiary/aromatic N) is 2. The molecule has 3 heteroatoms. The van der Waals surface area contributed by atoms with Crippen LogP contribution < -0.4 is 5.73 Å². The Morgan fingerprint density at radius 3 is 2.94 bits per heavy atom. The van der Waals surface area contributed by atoms with Gasteiger partial charge in [0.2, 0.25) is 0 Å². The van der Waals surface area contributed by atoms with Crippen LogP contribution in [0, 0.1) is 6.92 Å². The van der Waals surface area contributed by atoms with Crippen LogP contribution in [0.3, 0.4) is 0 Å². The van der Waals surface area contributed by atoms with Crippen LogP contribution in [-0.2, 0) is 19.5 Å². The Labute approximate surface area is 101 Å². The lowest BCUT2D eigenvalue weighted by Crippen LogP contribution is -2.06. The molecule has 0 amide bonds.